The van der Waals surface area contributed by atoms with Crippen LogP contribution in [0.15, 0.2) is 48.5 Å². The molecule has 7 nitrogen and oxygen atoms in total. The SMILES string of the molecule is CCOC(=O)c1ccc(OP([O-])Oc2ccc(C(=O)OCC)cc2)cc1. The van der Waals surface area contributed by atoms with Crippen LogP contribution in [0.4, 0.5) is 0 Å². The third-order valence-electron chi connectivity index (χ3n) is 3.09. The fraction of sp³-hybridized carbons (Fsp3) is 0.222. The van der Waals surface area contributed by atoms with Gasteiger partial charge >= 0.3 is 11.9 Å². The van der Waals surface area contributed by atoms with Gasteiger partial charge in [-0.3, -0.25) is 0 Å². The normalized spacial score (nSPS) is 10.3. The van der Waals surface area contributed by atoms with Crippen molar-refractivity contribution in [2.24, 2.45) is 0 Å². The molecule has 0 atom stereocenters. The third-order valence-corrected chi connectivity index (χ3v) is 3.81. The van der Waals surface area contributed by atoms with Gasteiger partial charge in [-0.15, -0.1) is 0 Å². The lowest BCUT2D eigenvalue weighted by Gasteiger charge is -2.22. The number of ether oxygens (including phenoxy) is 2. The van der Waals surface area contributed by atoms with Gasteiger partial charge in [-0.25, -0.2) is 9.59 Å². The first-order valence-electron chi connectivity index (χ1n) is 7.91. The zero-order chi connectivity index (χ0) is 18.9. The minimum Gasteiger partial charge on any atom is -0.765 e. The number of rotatable bonds is 8. The number of hydrogen-bond donors (Lipinski definition) is 0. The molecule has 0 aliphatic rings. The molecule has 0 saturated heterocycles. The van der Waals surface area contributed by atoms with E-state index in [0.29, 0.717) is 11.1 Å². The monoisotopic (exact) mass is 377 g/mol. The van der Waals surface area contributed by atoms with Gasteiger partial charge in [0.15, 0.2) is 0 Å². The highest BCUT2D eigenvalue weighted by Gasteiger charge is 2.09. The van der Waals surface area contributed by atoms with Crippen LogP contribution in [0.1, 0.15) is 34.6 Å². The molecule has 0 N–H and O–H groups in total. The summed E-state index contributed by atoms with van der Waals surface area (Å²) in [4.78, 5) is 35.1. The van der Waals surface area contributed by atoms with E-state index in [2.05, 4.69) is 0 Å². The highest BCUT2D eigenvalue weighted by molar-refractivity contribution is 7.39. The summed E-state index contributed by atoms with van der Waals surface area (Å²) in [6.45, 7) is 4.00. The molecule has 0 aromatic heterocycles. The number of esters is 2. The molecule has 0 aliphatic heterocycles. The van der Waals surface area contributed by atoms with Crippen molar-refractivity contribution in [2.75, 3.05) is 13.2 Å². The Morgan fingerprint density at radius 3 is 1.42 bits per heavy atom. The molecule has 0 saturated carbocycles. The van der Waals surface area contributed by atoms with Crippen LogP contribution in [0.5, 0.6) is 11.5 Å². The standard InChI is InChI=1S/C18H18O7P/c1-3-22-17(19)13-5-9-15(10-6-13)24-26(21)25-16-11-7-14(8-12-16)18(20)23-4-2/h5-12H,3-4H2,1-2H3/q-1. The van der Waals surface area contributed by atoms with Gasteiger partial charge in [0.25, 0.3) is 0 Å². The Kier molecular flexibility index (Phi) is 7.38. The van der Waals surface area contributed by atoms with Gasteiger partial charge in [0, 0.05) is 0 Å². The largest absolute Gasteiger partial charge is 0.765 e. The molecular weight excluding hydrogens is 359 g/mol. The Balaban J connectivity index is 1.91. The van der Waals surface area contributed by atoms with E-state index in [-0.39, 0.29) is 24.7 Å². The molecule has 0 radical (unpaired) electrons. The summed E-state index contributed by atoms with van der Waals surface area (Å²) in [7, 11) is -2.48. The van der Waals surface area contributed by atoms with Crippen LogP contribution in [0.25, 0.3) is 0 Å². The van der Waals surface area contributed by atoms with Crippen LogP contribution < -0.4 is 13.9 Å². The number of carbonyl (C=O) groups excluding carboxylic acids is 2. The molecule has 0 aliphatic carbocycles. The van der Waals surface area contributed by atoms with E-state index < -0.39 is 20.5 Å². The molecule has 138 valence electrons. The molecular formula is C18H18O7P-. The maximum absolute atomic E-state index is 11.9. The van der Waals surface area contributed by atoms with Crippen molar-refractivity contribution in [1.29, 1.82) is 0 Å². The van der Waals surface area contributed by atoms with E-state index in [1.54, 1.807) is 13.8 Å². The van der Waals surface area contributed by atoms with Gasteiger partial charge in [0.2, 0.25) is 8.60 Å². The molecule has 0 amide bonds. The van der Waals surface area contributed by atoms with Crippen molar-refractivity contribution in [3.8, 4) is 11.5 Å². The molecule has 0 fully saturated rings. The zero-order valence-corrected chi connectivity index (χ0v) is 15.2. The number of carbonyl (C=O) groups is 2. The predicted octanol–water partition coefficient (Wildman–Crippen LogP) is 3.09. The zero-order valence-electron chi connectivity index (χ0n) is 14.3. The Hall–Kier alpha value is -2.63. The maximum Gasteiger partial charge on any atom is 0.338 e. The molecule has 8 heteroatoms. The average Bonchev–Trinajstić information content (AvgIpc) is 2.63. The van der Waals surface area contributed by atoms with E-state index in [1.807, 2.05) is 0 Å². The van der Waals surface area contributed by atoms with E-state index in [0.717, 1.165) is 0 Å². The summed E-state index contributed by atoms with van der Waals surface area (Å²) in [5.74, 6) is -0.327. The lowest BCUT2D eigenvalue weighted by Crippen LogP contribution is -2.08. The van der Waals surface area contributed by atoms with E-state index in [1.165, 1.54) is 48.5 Å². The topological polar surface area (TPSA) is 94.1 Å². The molecule has 0 bridgehead atoms. The molecule has 2 rings (SSSR count). The molecule has 0 heterocycles. The molecule has 2 aromatic rings. The minimum atomic E-state index is -2.48. The molecule has 0 spiro atoms. The van der Waals surface area contributed by atoms with Gasteiger partial charge in [0.05, 0.1) is 24.3 Å². The Labute approximate surface area is 152 Å². The predicted molar refractivity (Wildman–Crippen MR) is 93.0 cm³/mol. The fourth-order valence-electron chi connectivity index (χ4n) is 1.92. The van der Waals surface area contributed by atoms with Gasteiger partial charge in [-0.1, -0.05) is 0 Å². The van der Waals surface area contributed by atoms with Crippen molar-refractivity contribution in [3.05, 3.63) is 59.7 Å². The van der Waals surface area contributed by atoms with Crippen molar-refractivity contribution in [3.63, 3.8) is 0 Å². The smallest absolute Gasteiger partial charge is 0.338 e. The third kappa shape index (κ3) is 5.72. The van der Waals surface area contributed by atoms with Gasteiger partial charge in [-0.2, -0.15) is 0 Å². The van der Waals surface area contributed by atoms with Gasteiger partial charge in [0.1, 0.15) is 11.5 Å². The second kappa shape index (κ2) is 9.75. The summed E-state index contributed by atoms with van der Waals surface area (Å²) in [6.07, 6.45) is 0. The number of hydrogen-bond acceptors (Lipinski definition) is 7. The van der Waals surface area contributed by atoms with Crippen LogP contribution in [0.3, 0.4) is 0 Å². The average molecular weight is 377 g/mol. The number of benzene rings is 2. The Morgan fingerprint density at radius 1 is 0.769 bits per heavy atom. The van der Waals surface area contributed by atoms with Crippen molar-refractivity contribution in [2.45, 2.75) is 13.8 Å². The lowest BCUT2D eigenvalue weighted by molar-refractivity contribution is -0.189. The quantitative estimate of drug-likeness (QED) is 0.515. The molecule has 2 aromatic carbocycles. The van der Waals surface area contributed by atoms with Crippen molar-refractivity contribution < 1.29 is 33.0 Å². The first-order valence-corrected chi connectivity index (χ1v) is 9.00. The van der Waals surface area contributed by atoms with Gasteiger partial charge < -0.3 is 23.4 Å². The highest BCUT2D eigenvalue weighted by Crippen LogP contribution is 2.33. The maximum atomic E-state index is 11.9. The molecule has 26 heavy (non-hydrogen) atoms. The van der Waals surface area contributed by atoms with Crippen LogP contribution in [-0.4, -0.2) is 25.2 Å². The summed E-state index contributed by atoms with van der Waals surface area (Å²) in [6, 6.07) is 12.0. The van der Waals surface area contributed by atoms with Crippen LogP contribution in [0, 0.1) is 0 Å². The Bertz CT molecular complexity index is 665. The van der Waals surface area contributed by atoms with E-state index >= 15 is 0 Å². The first-order chi connectivity index (χ1) is 12.5. The van der Waals surface area contributed by atoms with E-state index in [4.69, 9.17) is 18.5 Å². The van der Waals surface area contributed by atoms with Crippen LogP contribution in [0.2, 0.25) is 0 Å². The summed E-state index contributed by atoms with van der Waals surface area (Å²) >= 11 is 0. The highest BCUT2D eigenvalue weighted by atomic mass is 31.2. The first kappa shape index (κ1) is 19.7. The second-order valence-electron chi connectivity index (χ2n) is 4.90. The second-order valence-corrected chi connectivity index (χ2v) is 5.71. The Morgan fingerprint density at radius 2 is 1.12 bits per heavy atom. The summed E-state index contributed by atoms with van der Waals surface area (Å²) in [5.41, 5.74) is 0.731. The van der Waals surface area contributed by atoms with E-state index in [9.17, 15) is 14.5 Å². The van der Waals surface area contributed by atoms with Crippen molar-refractivity contribution >= 4 is 20.5 Å². The minimum absolute atomic E-state index is 0.280. The fourth-order valence-corrected chi connectivity index (χ4v) is 2.55. The molecule has 0 unspecified atom stereocenters. The summed E-state index contributed by atoms with van der Waals surface area (Å²) < 4.78 is 20.1. The van der Waals surface area contributed by atoms with Crippen molar-refractivity contribution in [1.82, 2.24) is 0 Å². The lowest BCUT2D eigenvalue weighted by atomic mass is 10.2. The van der Waals surface area contributed by atoms with Crippen LogP contribution >= 0.6 is 8.60 Å². The van der Waals surface area contributed by atoms with Crippen LogP contribution in [-0.2, 0) is 9.47 Å². The van der Waals surface area contributed by atoms with Gasteiger partial charge in [-0.05, 0) is 62.4 Å². The summed E-state index contributed by atoms with van der Waals surface area (Å²) in [5, 5.41) is 0.